The van der Waals surface area contributed by atoms with Crippen LogP contribution in [0.4, 0.5) is 11.4 Å². The predicted octanol–water partition coefficient (Wildman–Crippen LogP) is 3.92. The number of nitrogens with zero attached hydrogens (tertiary/aromatic N) is 2. The minimum absolute atomic E-state index is 0.103. The Morgan fingerprint density at radius 2 is 1.75 bits per heavy atom. The summed E-state index contributed by atoms with van der Waals surface area (Å²) < 4.78 is 0. The first-order valence-electron chi connectivity index (χ1n) is 9.02. The molecule has 24 heavy (non-hydrogen) atoms. The number of carbonyl (C=O) groups excluding carboxylic acids is 1. The Bertz CT molecular complexity index is 753. The number of allylic oxidation sites excluding steroid dienone is 4. The quantitative estimate of drug-likeness (QED) is 0.602. The number of fused-ring (bicyclic) bond motifs is 2. The molecule has 3 nitrogen and oxygen atoms in total. The molecule has 3 rings (SSSR count). The Kier molecular flexibility index (Phi) is 4.59. The van der Waals surface area contributed by atoms with Gasteiger partial charge in [0.15, 0.2) is 5.78 Å². The van der Waals surface area contributed by atoms with Crippen LogP contribution in [0.15, 0.2) is 46.6 Å². The van der Waals surface area contributed by atoms with Crippen molar-refractivity contribution < 1.29 is 4.79 Å². The van der Waals surface area contributed by atoms with E-state index >= 15 is 0 Å². The predicted molar refractivity (Wildman–Crippen MR) is 106 cm³/mol. The molecule has 0 unspecified atom stereocenters. The lowest BCUT2D eigenvalue weighted by atomic mass is 10.1. The van der Waals surface area contributed by atoms with Crippen LogP contribution >= 0.6 is 0 Å². The summed E-state index contributed by atoms with van der Waals surface area (Å²) >= 11 is 0. The molecule has 0 bridgehead atoms. The Morgan fingerprint density at radius 1 is 1.04 bits per heavy atom. The highest BCUT2D eigenvalue weighted by Gasteiger charge is 2.43. The van der Waals surface area contributed by atoms with Crippen molar-refractivity contribution in [3.8, 4) is 0 Å². The van der Waals surface area contributed by atoms with Crippen LogP contribution in [0, 0.1) is 0 Å². The monoisotopic (exact) mass is 338 g/mol. The van der Waals surface area contributed by atoms with Crippen LogP contribution in [0.25, 0.3) is 0 Å². The fraction of sp³-hybridized carbons (Fsp3) is 0.400. The molecule has 126 valence electrons. The zero-order chi connectivity index (χ0) is 17.3. The van der Waals surface area contributed by atoms with E-state index in [2.05, 4.69) is 50.8 Å². The van der Waals surface area contributed by atoms with Gasteiger partial charge < -0.3 is 4.90 Å². The molecule has 0 amide bonds. The topological polar surface area (TPSA) is 32.7 Å². The van der Waals surface area contributed by atoms with Crippen molar-refractivity contribution in [1.82, 2.24) is 0 Å². The maximum absolute atomic E-state index is 12.0. The molecule has 1 heterocycles. The zero-order valence-electron chi connectivity index (χ0n) is 15.1. The third-order valence-electron chi connectivity index (χ3n) is 5.56. The summed E-state index contributed by atoms with van der Waals surface area (Å²) in [4.78, 5) is 19.3. The van der Waals surface area contributed by atoms with E-state index in [-0.39, 0.29) is 5.78 Å². The molecule has 0 fully saturated rings. The molecule has 2 aliphatic rings. The van der Waals surface area contributed by atoms with Crippen molar-refractivity contribution in [1.29, 1.82) is 0 Å². The first-order chi connectivity index (χ1) is 11.6. The summed E-state index contributed by atoms with van der Waals surface area (Å²) in [5, 5.41) is 2.62. The van der Waals surface area contributed by atoms with Gasteiger partial charge in [0.1, 0.15) is 8.07 Å². The van der Waals surface area contributed by atoms with Crippen LogP contribution in [0.1, 0.15) is 27.7 Å². The molecule has 0 radical (unpaired) electrons. The molecule has 1 aliphatic heterocycles. The molecule has 1 aliphatic carbocycles. The summed E-state index contributed by atoms with van der Waals surface area (Å²) in [5.41, 5.74) is 3.38. The Balaban J connectivity index is 2.24. The van der Waals surface area contributed by atoms with Gasteiger partial charge in [0.2, 0.25) is 0 Å². The Hall–Kier alpha value is -1.94. The molecule has 4 heteroatoms. The second-order valence-corrected chi connectivity index (χ2v) is 11.1. The van der Waals surface area contributed by atoms with Gasteiger partial charge in [-0.25, -0.2) is 4.99 Å². The molecule has 0 N–H and O–H groups in total. The molecule has 0 saturated carbocycles. The first-order valence-corrected chi connectivity index (χ1v) is 11.4. The van der Waals surface area contributed by atoms with Crippen LogP contribution in [-0.4, -0.2) is 32.7 Å². The highest BCUT2D eigenvalue weighted by atomic mass is 28.3. The SMILES string of the molecule is CCN(CC)c1ccc2c(c1)[Si](CC)(CC)C1=CC(=O)C=CC1=N2. The van der Waals surface area contributed by atoms with Gasteiger partial charge in [0.25, 0.3) is 0 Å². The van der Waals surface area contributed by atoms with E-state index in [0.29, 0.717) is 0 Å². The molecule has 0 atom stereocenters. The summed E-state index contributed by atoms with van der Waals surface area (Å²) in [6.07, 6.45) is 5.40. The number of aliphatic imine (C=N–C) groups is 1. The minimum Gasteiger partial charge on any atom is -0.372 e. The highest BCUT2D eigenvalue weighted by Crippen LogP contribution is 2.36. The summed E-state index contributed by atoms with van der Waals surface area (Å²) in [6.45, 7) is 10.9. The molecule has 1 aromatic rings. The number of carbonyl (C=O) groups is 1. The van der Waals surface area contributed by atoms with Gasteiger partial charge >= 0.3 is 0 Å². The van der Waals surface area contributed by atoms with Crippen LogP contribution in [-0.2, 0) is 4.79 Å². The molecular weight excluding hydrogens is 312 g/mol. The van der Waals surface area contributed by atoms with Crippen molar-refractivity contribution in [2.24, 2.45) is 4.99 Å². The lowest BCUT2D eigenvalue weighted by Crippen LogP contribution is -2.53. The molecule has 0 aromatic heterocycles. The van der Waals surface area contributed by atoms with Gasteiger partial charge in [-0.1, -0.05) is 25.9 Å². The van der Waals surface area contributed by atoms with Gasteiger partial charge in [-0.05, 0) is 60.7 Å². The second kappa shape index (κ2) is 6.52. The fourth-order valence-corrected chi connectivity index (χ4v) is 8.49. The van der Waals surface area contributed by atoms with E-state index in [1.54, 1.807) is 6.08 Å². The number of rotatable bonds is 5. The largest absolute Gasteiger partial charge is 0.372 e. The minimum atomic E-state index is -1.93. The van der Waals surface area contributed by atoms with E-state index in [9.17, 15) is 4.79 Å². The summed E-state index contributed by atoms with van der Waals surface area (Å²) in [5.74, 6) is 0.103. The average Bonchev–Trinajstić information content (AvgIpc) is 2.61. The van der Waals surface area contributed by atoms with Crippen LogP contribution in [0.2, 0.25) is 12.1 Å². The van der Waals surface area contributed by atoms with Crippen LogP contribution in [0.3, 0.4) is 0 Å². The van der Waals surface area contributed by atoms with Crippen molar-refractivity contribution >= 4 is 36.1 Å². The maximum Gasteiger partial charge on any atom is 0.178 e. The van der Waals surface area contributed by atoms with Crippen molar-refractivity contribution in [2.45, 2.75) is 39.8 Å². The first kappa shape index (κ1) is 16.9. The highest BCUT2D eigenvalue weighted by molar-refractivity contribution is 7.02. The van der Waals surface area contributed by atoms with Gasteiger partial charge in [0, 0.05) is 18.8 Å². The molecular formula is C20H26N2OSi. The number of ketones is 1. The average molecular weight is 339 g/mol. The smallest absolute Gasteiger partial charge is 0.178 e. The van der Waals surface area contributed by atoms with Gasteiger partial charge in [-0.15, -0.1) is 0 Å². The van der Waals surface area contributed by atoms with Crippen LogP contribution in [0.5, 0.6) is 0 Å². The van der Waals surface area contributed by atoms with Gasteiger partial charge in [-0.2, -0.15) is 0 Å². The van der Waals surface area contributed by atoms with E-state index in [4.69, 9.17) is 4.99 Å². The second-order valence-electron chi connectivity index (χ2n) is 6.45. The van der Waals surface area contributed by atoms with Crippen molar-refractivity contribution in [3.63, 3.8) is 0 Å². The third kappa shape index (κ3) is 2.49. The van der Waals surface area contributed by atoms with Gasteiger partial charge in [-0.3, -0.25) is 4.79 Å². The Labute approximate surface area is 145 Å². The normalized spacial score (nSPS) is 17.8. The van der Waals surface area contributed by atoms with Crippen LogP contribution < -0.4 is 10.1 Å². The number of hydrogen-bond acceptors (Lipinski definition) is 3. The fourth-order valence-electron chi connectivity index (χ4n) is 4.07. The number of hydrogen-bond donors (Lipinski definition) is 0. The third-order valence-corrected chi connectivity index (χ3v) is 10.8. The number of anilines is 1. The van der Waals surface area contributed by atoms with Crippen molar-refractivity contribution in [3.05, 3.63) is 41.6 Å². The lowest BCUT2D eigenvalue weighted by molar-refractivity contribution is -0.110. The van der Waals surface area contributed by atoms with Gasteiger partial charge in [0.05, 0.1) is 11.4 Å². The van der Waals surface area contributed by atoms with E-state index in [0.717, 1.165) is 36.6 Å². The summed E-state index contributed by atoms with van der Waals surface area (Å²) in [6, 6.07) is 8.91. The summed E-state index contributed by atoms with van der Waals surface area (Å²) in [7, 11) is -1.93. The lowest BCUT2D eigenvalue weighted by Gasteiger charge is -2.38. The molecule has 0 saturated heterocycles. The number of benzene rings is 1. The zero-order valence-corrected chi connectivity index (χ0v) is 16.1. The van der Waals surface area contributed by atoms with Crippen molar-refractivity contribution in [2.75, 3.05) is 18.0 Å². The maximum atomic E-state index is 12.0. The van der Waals surface area contributed by atoms with E-state index in [1.165, 1.54) is 16.1 Å². The molecule has 1 aromatic carbocycles. The standard InChI is InChI=1S/C20H26N2OSi/c1-5-22(6-2)15-9-11-17-19(13-15)24(7-3,8-4)20-14-16(23)10-12-18(20)21-17/h9-14H,5-8H2,1-4H3. The molecule has 0 spiro atoms. The Morgan fingerprint density at radius 3 is 2.38 bits per heavy atom. The van der Waals surface area contributed by atoms with E-state index in [1.807, 2.05) is 12.2 Å². The van der Waals surface area contributed by atoms with E-state index < -0.39 is 8.07 Å².